The van der Waals surface area contributed by atoms with Gasteiger partial charge in [-0.15, -0.1) is 0 Å². The predicted octanol–water partition coefficient (Wildman–Crippen LogP) is 1.94. The normalized spacial score (nSPS) is 10.6. The molecule has 16 heavy (non-hydrogen) atoms. The molecule has 4 nitrogen and oxygen atoms in total. The van der Waals surface area contributed by atoms with Crippen LogP contribution < -0.4 is 5.73 Å². The summed E-state index contributed by atoms with van der Waals surface area (Å²) in [5.74, 6) is 0.0913. The summed E-state index contributed by atoms with van der Waals surface area (Å²) in [6.45, 7) is 1.92. The van der Waals surface area contributed by atoms with Crippen molar-refractivity contribution < 1.29 is 4.79 Å². The summed E-state index contributed by atoms with van der Waals surface area (Å²) < 4.78 is 0. The standard InChI is InChI=1S/C11H10ClN3O/c1-2-8-14-9-6(10(12)15-8)4-3-5-7(9)11(13)16/h3-5H,2H2,1H3,(H2,13,16). The van der Waals surface area contributed by atoms with E-state index in [1.807, 2.05) is 6.92 Å². The average Bonchev–Trinajstić information content (AvgIpc) is 2.28. The number of rotatable bonds is 2. The maximum absolute atomic E-state index is 11.2. The molecule has 1 heterocycles. The second kappa shape index (κ2) is 4.06. The number of aryl methyl sites for hydroxylation is 1. The third-order valence-corrected chi connectivity index (χ3v) is 2.60. The van der Waals surface area contributed by atoms with Crippen molar-refractivity contribution in [2.75, 3.05) is 0 Å². The number of para-hydroxylation sites is 1. The highest BCUT2D eigenvalue weighted by molar-refractivity contribution is 6.34. The lowest BCUT2D eigenvalue weighted by atomic mass is 10.1. The Bertz CT molecular complexity index is 568. The first-order chi connectivity index (χ1) is 7.63. The van der Waals surface area contributed by atoms with Gasteiger partial charge in [0.15, 0.2) is 0 Å². The number of halogens is 1. The van der Waals surface area contributed by atoms with E-state index in [0.29, 0.717) is 33.9 Å². The Kier molecular flexibility index (Phi) is 2.75. The smallest absolute Gasteiger partial charge is 0.250 e. The Morgan fingerprint density at radius 1 is 1.44 bits per heavy atom. The van der Waals surface area contributed by atoms with Gasteiger partial charge in [0.05, 0.1) is 11.1 Å². The van der Waals surface area contributed by atoms with Crippen LogP contribution in [0.4, 0.5) is 0 Å². The molecule has 1 aromatic heterocycles. The Hall–Kier alpha value is -1.68. The number of nitrogens with zero attached hydrogens (tertiary/aromatic N) is 2. The number of carbonyl (C=O) groups excluding carboxylic acids is 1. The molecule has 0 spiro atoms. The molecular formula is C11H10ClN3O. The first kappa shape index (κ1) is 10.8. The molecular weight excluding hydrogens is 226 g/mol. The third-order valence-electron chi connectivity index (χ3n) is 2.31. The van der Waals surface area contributed by atoms with Crippen molar-refractivity contribution in [3.8, 4) is 0 Å². The summed E-state index contributed by atoms with van der Waals surface area (Å²) in [6.07, 6.45) is 0.656. The van der Waals surface area contributed by atoms with Gasteiger partial charge in [0.25, 0.3) is 5.91 Å². The second-order valence-electron chi connectivity index (χ2n) is 3.35. The zero-order valence-electron chi connectivity index (χ0n) is 8.70. The molecule has 0 fully saturated rings. The number of amides is 1. The van der Waals surface area contributed by atoms with Crippen LogP contribution in [-0.2, 0) is 6.42 Å². The zero-order valence-corrected chi connectivity index (χ0v) is 9.45. The van der Waals surface area contributed by atoms with Crippen molar-refractivity contribution in [1.82, 2.24) is 9.97 Å². The summed E-state index contributed by atoms with van der Waals surface area (Å²) >= 11 is 6.01. The van der Waals surface area contributed by atoms with Crippen LogP contribution in [0.25, 0.3) is 10.9 Å². The number of nitrogens with two attached hydrogens (primary N) is 1. The van der Waals surface area contributed by atoms with E-state index in [2.05, 4.69) is 9.97 Å². The summed E-state index contributed by atoms with van der Waals surface area (Å²) in [7, 11) is 0. The molecule has 0 atom stereocenters. The predicted molar refractivity (Wildman–Crippen MR) is 62.4 cm³/mol. The molecule has 0 bridgehead atoms. The fourth-order valence-electron chi connectivity index (χ4n) is 1.51. The van der Waals surface area contributed by atoms with Crippen LogP contribution in [0.1, 0.15) is 23.1 Å². The van der Waals surface area contributed by atoms with E-state index in [1.54, 1.807) is 18.2 Å². The van der Waals surface area contributed by atoms with Crippen LogP contribution in [0.2, 0.25) is 5.15 Å². The van der Waals surface area contributed by atoms with E-state index in [9.17, 15) is 4.79 Å². The average molecular weight is 236 g/mol. The first-order valence-corrected chi connectivity index (χ1v) is 5.26. The van der Waals surface area contributed by atoms with Gasteiger partial charge in [-0.3, -0.25) is 4.79 Å². The molecule has 1 amide bonds. The summed E-state index contributed by atoms with van der Waals surface area (Å²) in [4.78, 5) is 19.6. The van der Waals surface area contributed by atoms with E-state index in [-0.39, 0.29) is 0 Å². The number of carbonyl (C=O) groups is 1. The summed E-state index contributed by atoms with van der Waals surface area (Å²) in [5, 5.41) is 1.00. The fourth-order valence-corrected chi connectivity index (χ4v) is 1.77. The largest absolute Gasteiger partial charge is 0.366 e. The van der Waals surface area contributed by atoms with Gasteiger partial charge in [-0.2, -0.15) is 0 Å². The van der Waals surface area contributed by atoms with Crippen LogP contribution in [0.5, 0.6) is 0 Å². The van der Waals surface area contributed by atoms with Gasteiger partial charge in [0.2, 0.25) is 0 Å². The minimum Gasteiger partial charge on any atom is -0.366 e. The van der Waals surface area contributed by atoms with Gasteiger partial charge in [0, 0.05) is 11.8 Å². The number of hydrogen-bond donors (Lipinski definition) is 1. The lowest BCUT2D eigenvalue weighted by molar-refractivity contribution is 0.100. The van der Waals surface area contributed by atoms with Crippen LogP contribution >= 0.6 is 11.6 Å². The number of primary amides is 1. The lowest BCUT2D eigenvalue weighted by Gasteiger charge is -2.05. The van der Waals surface area contributed by atoms with Gasteiger partial charge in [-0.1, -0.05) is 24.6 Å². The van der Waals surface area contributed by atoms with E-state index in [0.717, 1.165) is 0 Å². The fraction of sp³-hybridized carbons (Fsp3) is 0.182. The number of hydrogen-bond acceptors (Lipinski definition) is 3. The van der Waals surface area contributed by atoms with Crippen molar-refractivity contribution in [3.05, 3.63) is 34.7 Å². The molecule has 0 saturated heterocycles. The lowest BCUT2D eigenvalue weighted by Crippen LogP contribution is -2.12. The molecule has 82 valence electrons. The monoisotopic (exact) mass is 235 g/mol. The van der Waals surface area contributed by atoms with Crippen molar-refractivity contribution in [3.63, 3.8) is 0 Å². The van der Waals surface area contributed by atoms with Gasteiger partial charge in [-0.05, 0) is 12.1 Å². The van der Waals surface area contributed by atoms with E-state index in [4.69, 9.17) is 17.3 Å². The molecule has 1 aromatic carbocycles. The molecule has 2 N–H and O–H groups in total. The Morgan fingerprint density at radius 3 is 2.81 bits per heavy atom. The van der Waals surface area contributed by atoms with E-state index in [1.165, 1.54) is 0 Å². The number of aromatic nitrogens is 2. The van der Waals surface area contributed by atoms with Crippen LogP contribution in [0.3, 0.4) is 0 Å². The van der Waals surface area contributed by atoms with Crippen molar-refractivity contribution in [2.24, 2.45) is 5.73 Å². The highest BCUT2D eigenvalue weighted by Crippen LogP contribution is 2.23. The number of benzene rings is 1. The van der Waals surface area contributed by atoms with Gasteiger partial charge < -0.3 is 5.73 Å². The maximum atomic E-state index is 11.2. The maximum Gasteiger partial charge on any atom is 0.250 e. The van der Waals surface area contributed by atoms with Crippen molar-refractivity contribution in [1.29, 1.82) is 0 Å². The van der Waals surface area contributed by atoms with E-state index >= 15 is 0 Å². The summed E-state index contributed by atoms with van der Waals surface area (Å²) in [5.41, 5.74) is 6.17. The molecule has 0 aliphatic heterocycles. The van der Waals surface area contributed by atoms with Crippen LogP contribution in [0, 0.1) is 0 Å². The highest BCUT2D eigenvalue weighted by atomic mass is 35.5. The van der Waals surface area contributed by atoms with Crippen LogP contribution in [0.15, 0.2) is 18.2 Å². The minimum atomic E-state index is -0.512. The Balaban J connectivity index is 2.85. The molecule has 0 aliphatic carbocycles. The van der Waals surface area contributed by atoms with Crippen LogP contribution in [-0.4, -0.2) is 15.9 Å². The van der Waals surface area contributed by atoms with Gasteiger partial charge >= 0.3 is 0 Å². The van der Waals surface area contributed by atoms with Gasteiger partial charge in [0.1, 0.15) is 11.0 Å². The quantitative estimate of drug-likeness (QED) is 0.809. The molecule has 0 saturated carbocycles. The zero-order chi connectivity index (χ0) is 11.7. The molecule has 2 rings (SSSR count). The second-order valence-corrected chi connectivity index (χ2v) is 3.71. The topological polar surface area (TPSA) is 68.9 Å². The summed E-state index contributed by atoms with van der Waals surface area (Å²) in [6, 6.07) is 5.11. The highest BCUT2D eigenvalue weighted by Gasteiger charge is 2.11. The molecule has 0 aliphatic rings. The Morgan fingerprint density at radius 2 is 2.19 bits per heavy atom. The van der Waals surface area contributed by atoms with E-state index < -0.39 is 5.91 Å². The number of fused-ring (bicyclic) bond motifs is 1. The molecule has 0 unspecified atom stereocenters. The van der Waals surface area contributed by atoms with Gasteiger partial charge in [-0.25, -0.2) is 9.97 Å². The molecule has 5 heteroatoms. The van der Waals surface area contributed by atoms with Crippen molar-refractivity contribution >= 4 is 28.4 Å². The molecule has 2 aromatic rings. The third kappa shape index (κ3) is 1.72. The molecule has 0 radical (unpaired) electrons. The Labute approximate surface area is 97.5 Å². The minimum absolute atomic E-state index is 0.352. The SMILES string of the molecule is CCc1nc(Cl)c2cccc(C(N)=O)c2n1. The van der Waals surface area contributed by atoms with Crippen molar-refractivity contribution in [2.45, 2.75) is 13.3 Å². The first-order valence-electron chi connectivity index (χ1n) is 4.88.